The third-order valence-corrected chi connectivity index (χ3v) is 2.34. The van der Waals surface area contributed by atoms with E-state index in [0.29, 0.717) is 18.6 Å². The van der Waals surface area contributed by atoms with E-state index in [1.807, 2.05) is 0 Å². The fourth-order valence-electron chi connectivity index (χ4n) is 1.38. The molecule has 1 rings (SSSR count). The van der Waals surface area contributed by atoms with Crippen LogP contribution in [0.25, 0.3) is 0 Å². The lowest BCUT2D eigenvalue weighted by Crippen LogP contribution is -2.29. The fraction of sp³-hybridized carbons (Fsp3) is 0.364. The molecule has 19 heavy (non-hydrogen) atoms. The molecule has 104 valence electrons. The maximum Gasteiger partial charge on any atom is 0.308 e. The summed E-state index contributed by atoms with van der Waals surface area (Å²) in [7, 11) is 0. The number of amides is 1. The van der Waals surface area contributed by atoms with Crippen LogP contribution in [-0.4, -0.2) is 23.4 Å². The van der Waals surface area contributed by atoms with Crippen molar-refractivity contribution in [3.63, 3.8) is 0 Å². The van der Waals surface area contributed by atoms with E-state index in [4.69, 9.17) is 5.73 Å². The van der Waals surface area contributed by atoms with Crippen LogP contribution in [-0.2, 0) is 0 Å². The van der Waals surface area contributed by atoms with Crippen LogP contribution in [0.15, 0.2) is 12.1 Å². The molecule has 3 N–H and O–H groups in total. The van der Waals surface area contributed by atoms with Crippen molar-refractivity contribution in [3.05, 3.63) is 39.4 Å². The van der Waals surface area contributed by atoms with Crippen LogP contribution in [0.1, 0.15) is 23.7 Å². The number of halogens is 2. The van der Waals surface area contributed by atoms with Crippen LogP contribution < -0.4 is 11.1 Å². The van der Waals surface area contributed by atoms with Gasteiger partial charge in [0.15, 0.2) is 0 Å². The fourth-order valence-corrected chi connectivity index (χ4v) is 1.38. The van der Waals surface area contributed by atoms with Crippen LogP contribution in [0.5, 0.6) is 0 Å². The Kier molecular flexibility index (Phi) is 4.87. The Morgan fingerprint density at radius 3 is 2.68 bits per heavy atom. The molecule has 0 heterocycles. The Balaban J connectivity index is 2.94. The van der Waals surface area contributed by atoms with Crippen LogP contribution in [0.3, 0.4) is 0 Å². The highest BCUT2D eigenvalue weighted by atomic mass is 19.1. The van der Waals surface area contributed by atoms with E-state index in [1.54, 1.807) is 6.92 Å². The monoisotopic (exact) mass is 273 g/mol. The van der Waals surface area contributed by atoms with Gasteiger partial charge in [-0.2, -0.15) is 4.39 Å². The molecule has 0 aliphatic rings. The van der Waals surface area contributed by atoms with Crippen molar-refractivity contribution < 1.29 is 18.5 Å². The van der Waals surface area contributed by atoms with Crippen LogP contribution in [0.2, 0.25) is 0 Å². The maximum absolute atomic E-state index is 13.6. The topological polar surface area (TPSA) is 98.3 Å². The number of carbonyl (C=O) groups excluding carboxylic acids is 1. The summed E-state index contributed by atoms with van der Waals surface area (Å²) in [6.07, 6.45) is 0.449. The Labute approximate surface area is 107 Å². The highest BCUT2D eigenvalue weighted by molar-refractivity contribution is 5.95. The Hall–Kier alpha value is -2.09. The zero-order valence-electron chi connectivity index (χ0n) is 10.2. The van der Waals surface area contributed by atoms with Gasteiger partial charge < -0.3 is 11.1 Å². The summed E-state index contributed by atoms with van der Waals surface area (Å²) in [5.74, 6) is -3.32. The Morgan fingerprint density at radius 2 is 2.16 bits per heavy atom. The van der Waals surface area contributed by atoms with Gasteiger partial charge in [-0.25, -0.2) is 4.39 Å². The summed E-state index contributed by atoms with van der Waals surface area (Å²) in [4.78, 5) is 21.0. The molecule has 0 fully saturated rings. The molecule has 0 spiro atoms. The van der Waals surface area contributed by atoms with Crippen molar-refractivity contribution in [2.24, 2.45) is 5.73 Å². The third kappa shape index (κ3) is 3.95. The Morgan fingerprint density at radius 1 is 1.53 bits per heavy atom. The van der Waals surface area contributed by atoms with Crippen molar-refractivity contribution >= 4 is 11.6 Å². The van der Waals surface area contributed by atoms with E-state index in [1.165, 1.54) is 0 Å². The number of carbonyl (C=O) groups is 1. The van der Waals surface area contributed by atoms with Crippen molar-refractivity contribution in [2.75, 3.05) is 6.54 Å². The highest BCUT2D eigenvalue weighted by Crippen LogP contribution is 2.22. The molecule has 1 atom stereocenters. The summed E-state index contributed by atoms with van der Waals surface area (Å²) in [5.41, 5.74) is 3.69. The second-order valence-corrected chi connectivity index (χ2v) is 4.07. The number of nitro groups is 1. The second-order valence-electron chi connectivity index (χ2n) is 4.07. The number of hydrogen-bond acceptors (Lipinski definition) is 4. The van der Waals surface area contributed by atoms with E-state index in [-0.39, 0.29) is 12.6 Å². The van der Waals surface area contributed by atoms with E-state index in [9.17, 15) is 23.7 Å². The zero-order valence-corrected chi connectivity index (χ0v) is 10.2. The molecular formula is C11H13F2N3O3. The van der Waals surface area contributed by atoms with Gasteiger partial charge >= 0.3 is 5.69 Å². The normalized spacial score (nSPS) is 12.0. The lowest BCUT2D eigenvalue weighted by atomic mass is 10.1. The average molecular weight is 273 g/mol. The number of benzene rings is 1. The number of nitro benzene ring substituents is 1. The quantitative estimate of drug-likeness (QED) is 0.624. The van der Waals surface area contributed by atoms with Crippen molar-refractivity contribution in [3.8, 4) is 0 Å². The summed E-state index contributed by atoms with van der Waals surface area (Å²) in [6, 6.07) is 0.879. The van der Waals surface area contributed by atoms with Crippen molar-refractivity contribution in [2.45, 2.75) is 19.4 Å². The smallest absolute Gasteiger partial charge is 0.308 e. The van der Waals surface area contributed by atoms with Gasteiger partial charge in [0.1, 0.15) is 5.82 Å². The van der Waals surface area contributed by atoms with E-state index in [2.05, 4.69) is 5.32 Å². The van der Waals surface area contributed by atoms with E-state index in [0.717, 1.165) is 0 Å². The predicted molar refractivity (Wildman–Crippen MR) is 63.6 cm³/mol. The summed E-state index contributed by atoms with van der Waals surface area (Å²) in [6.45, 7) is 1.89. The van der Waals surface area contributed by atoms with Gasteiger partial charge in [-0.3, -0.25) is 14.9 Å². The van der Waals surface area contributed by atoms with Crippen LogP contribution >= 0.6 is 0 Å². The number of rotatable bonds is 5. The average Bonchev–Trinajstić information content (AvgIpc) is 2.30. The molecule has 1 aromatic rings. The number of nitrogens with two attached hydrogens (primary N) is 1. The SMILES string of the molecule is CC(N)CCNC(=O)c1cc(F)cc([N+](=O)[O-])c1F. The molecule has 1 amide bonds. The minimum Gasteiger partial charge on any atom is -0.352 e. The minimum absolute atomic E-state index is 0.160. The molecule has 0 aliphatic carbocycles. The summed E-state index contributed by atoms with van der Waals surface area (Å²) < 4.78 is 26.8. The number of nitrogens with one attached hydrogen (secondary N) is 1. The molecule has 0 aromatic heterocycles. The summed E-state index contributed by atoms with van der Waals surface area (Å²) in [5, 5.41) is 12.8. The molecule has 0 radical (unpaired) electrons. The minimum atomic E-state index is -1.36. The first kappa shape index (κ1) is 15.0. The van der Waals surface area contributed by atoms with Crippen molar-refractivity contribution in [1.29, 1.82) is 0 Å². The van der Waals surface area contributed by atoms with Gasteiger partial charge in [0, 0.05) is 12.6 Å². The Bertz CT molecular complexity index is 506. The first-order chi connectivity index (χ1) is 8.82. The van der Waals surface area contributed by atoms with Gasteiger partial charge in [-0.15, -0.1) is 0 Å². The molecule has 0 bridgehead atoms. The van der Waals surface area contributed by atoms with Gasteiger partial charge in [-0.05, 0) is 19.4 Å². The summed E-state index contributed by atoms with van der Waals surface area (Å²) >= 11 is 0. The molecule has 6 nitrogen and oxygen atoms in total. The second kappa shape index (κ2) is 6.19. The molecular weight excluding hydrogens is 260 g/mol. The predicted octanol–water partition coefficient (Wildman–Crippen LogP) is 1.34. The van der Waals surface area contributed by atoms with Gasteiger partial charge in [0.2, 0.25) is 5.82 Å². The van der Waals surface area contributed by atoms with Gasteiger partial charge in [0.25, 0.3) is 5.91 Å². The third-order valence-electron chi connectivity index (χ3n) is 2.34. The molecule has 0 saturated carbocycles. The molecule has 1 aromatic carbocycles. The van der Waals surface area contributed by atoms with Crippen LogP contribution in [0.4, 0.5) is 14.5 Å². The lowest BCUT2D eigenvalue weighted by molar-refractivity contribution is -0.387. The molecule has 0 saturated heterocycles. The first-order valence-electron chi connectivity index (χ1n) is 5.50. The van der Waals surface area contributed by atoms with Gasteiger partial charge in [-0.1, -0.05) is 0 Å². The molecule has 8 heteroatoms. The molecule has 1 unspecified atom stereocenters. The van der Waals surface area contributed by atoms with Crippen LogP contribution in [0, 0.1) is 21.7 Å². The van der Waals surface area contributed by atoms with E-state index >= 15 is 0 Å². The number of nitrogens with zero attached hydrogens (tertiary/aromatic N) is 1. The van der Waals surface area contributed by atoms with Gasteiger partial charge in [0.05, 0.1) is 16.6 Å². The van der Waals surface area contributed by atoms with Crippen molar-refractivity contribution in [1.82, 2.24) is 5.32 Å². The zero-order chi connectivity index (χ0) is 14.6. The highest BCUT2D eigenvalue weighted by Gasteiger charge is 2.23. The lowest BCUT2D eigenvalue weighted by Gasteiger charge is -2.08. The number of hydrogen-bond donors (Lipinski definition) is 2. The first-order valence-corrected chi connectivity index (χ1v) is 5.50. The maximum atomic E-state index is 13.6. The van der Waals surface area contributed by atoms with E-state index < -0.39 is 33.7 Å². The largest absolute Gasteiger partial charge is 0.352 e. The molecule has 0 aliphatic heterocycles. The standard InChI is InChI=1S/C11H13F2N3O3/c1-6(14)2-3-15-11(17)8-4-7(12)5-9(10(8)13)16(18)19/h4-6H,2-3,14H2,1H3,(H,15,17).